The number of fused-ring (bicyclic) bond motifs is 1. The molecule has 34 heavy (non-hydrogen) atoms. The van der Waals surface area contributed by atoms with Crippen LogP contribution in [0.15, 0.2) is 53.4 Å². The number of aliphatic hydroxyl groups excluding tert-OH is 1. The summed E-state index contributed by atoms with van der Waals surface area (Å²) in [6.07, 6.45) is 0. The third kappa shape index (κ3) is 3.59. The molecule has 1 saturated heterocycles. The molecular formula is C25H20ClNO6S. The van der Waals surface area contributed by atoms with E-state index in [2.05, 4.69) is 0 Å². The standard InChI is InChI=1S/C25H20ClNO6S/c1-13-7-10-34-24(13)21-20(22(28)14-3-5-18-19(11-14)33-9-8-32-18)23(29)25(30)27(21)15-4-6-17(31-2)16(26)12-15/h3-7,10-12,21,28H,8-9H2,1-2H3/b22-20-. The summed E-state index contributed by atoms with van der Waals surface area (Å²) in [6.45, 7) is 2.72. The number of thiophene rings is 1. The number of anilines is 1. The molecule has 1 N–H and O–H groups in total. The lowest BCUT2D eigenvalue weighted by Crippen LogP contribution is -2.29. The third-order valence-electron chi connectivity index (χ3n) is 5.82. The fraction of sp³-hybridized carbons (Fsp3) is 0.200. The first-order chi connectivity index (χ1) is 16.4. The fourth-order valence-corrected chi connectivity index (χ4v) is 5.44. The maximum atomic E-state index is 13.3. The van der Waals surface area contributed by atoms with E-state index in [1.807, 2.05) is 18.4 Å². The predicted octanol–water partition coefficient (Wildman–Crippen LogP) is 5.12. The number of amides is 1. The highest BCUT2D eigenvalue weighted by molar-refractivity contribution is 7.10. The Hall–Kier alpha value is -3.49. The van der Waals surface area contributed by atoms with Gasteiger partial charge in [0.25, 0.3) is 11.7 Å². The van der Waals surface area contributed by atoms with Gasteiger partial charge in [-0.25, -0.2) is 0 Å². The molecule has 3 aromatic rings. The highest BCUT2D eigenvalue weighted by Crippen LogP contribution is 2.46. The lowest BCUT2D eigenvalue weighted by atomic mass is 9.98. The molecule has 1 amide bonds. The number of aryl methyl sites for hydroxylation is 1. The molecule has 1 fully saturated rings. The van der Waals surface area contributed by atoms with Crippen molar-refractivity contribution in [2.75, 3.05) is 25.2 Å². The van der Waals surface area contributed by atoms with Crippen molar-refractivity contribution >= 4 is 46.1 Å². The van der Waals surface area contributed by atoms with Crippen LogP contribution in [0.2, 0.25) is 5.02 Å². The van der Waals surface area contributed by atoms with E-state index in [1.165, 1.54) is 23.3 Å². The van der Waals surface area contributed by atoms with Crippen molar-refractivity contribution in [3.05, 3.63) is 74.4 Å². The van der Waals surface area contributed by atoms with E-state index in [1.54, 1.807) is 36.4 Å². The summed E-state index contributed by atoms with van der Waals surface area (Å²) in [5, 5.41) is 13.5. The Morgan fingerprint density at radius 2 is 1.88 bits per heavy atom. The number of ketones is 1. The van der Waals surface area contributed by atoms with Crippen molar-refractivity contribution in [3.63, 3.8) is 0 Å². The number of Topliss-reactive ketones (excluding diaryl/α,β-unsaturated/α-hetero) is 1. The Morgan fingerprint density at radius 3 is 2.56 bits per heavy atom. The maximum Gasteiger partial charge on any atom is 0.300 e. The van der Waals surface area contributed by atoms with Crippen LogP contribution >= 0.6 is 22.9 Å². The molecule has 0 spiro atoms. The van der Waals surface area contributed by atoms with Crippen LogP contribution in [-0.4, -0.2) is 37.1 Å². The quantitative estimate of drug-likeness (QED) is 0.306. The number of halogens is 1. The summed E-state index contributed by atoms with van der Waals surface area (Å²) in [5.74, 6) is -0.343. The van der Waals surface area contributed by atoms with Gasteiger partial charge in [0.15, 0.2) is 11.5 Å². The van der Waals surface area contributed by atoms with E-state index >= 15 is 0 Å². The number of carbonyl (C=O) groups excluding carboxylic acids is 2. The van der Waals surface area contributed by atoms with Crippen molar-refractivity contribution in [3.8, 4) is 17.2 Å². The SMILES string of the molecule is COc1ccc(N2C(=O)C(=O)/C(=C(\O)c3ccc4c(c3)OCCO4)C2c2sccc2C)cc1Cl. The van der Waals surface area contributed by atoms with E-state index in [0.717, 1.165) is 10.4 Å². The first kappa shape index (κ1) is 22.3. The second-order valence-electron chi connectivity index (χ2n) is 7.81. The van der Waals surface area contributed by atoms with Crippen LogP contribution in [0.25, 0.3) is 5.76 Å². The summed E-state index contributed by atoms with van der Waals surface area (Å²) >= 11 is 7.73. The van der Waals surface area contributed by atoms with Crippen molar-refractivity contribution in [1.82, 2.24) is 0 Å². The summed E-state index contributed by atoms with van der Waals surface area (Å²) in [6, 6.07) is 10.9. The zero-order chi connectivity index (χ0) is 24.0. The van der Waals surface area contributed by atoms with E-state index in [0.29, 0.717) is 46.7 Å². The normalized spacial score (nSPS) is 18.9. The molecule has 0 bridgehead atoms. The lowest BCUT2D eigenvalue weighted by Gasteiger charge is -2.25. The Labute approximate surface area is 204 Å². The van der Waals surface area contributed by atoms with Crippen molar-refractivity contribution in [2.45, 2.75) is 13.0 Å². The number of rotatable bonds is 4. The number of aliphatic hydroxyl groups is 1. The molecule has 1 unspecified atom stereocenters. The van der Waals surface area contributed by atoms with Gasteiger partial charge in [0.05, 0.1) is 17.7 Å². The molecule has 1 atom stereocenters. The molecular weight excluding hydrogens is 478 g/mol. The highest BCUT2D eigenvalue weighted by Gasteiger charge is 2.48. The number of hydrogen-bond donors (Lipinski definition) is 1. The summed E-state index contributed by atoms with van der Waals surface area (Å²) < 4.78 is 16.4. The van der Waals surface area contributed by atoms with Crippen LogP contribution in [0.1, 0.15) is 22.0 Å². The van der Waals surface area contributed by atoms with Gasteiger partial charge in [-0.3, -0.25) is 14.5 Å². The largest absolute Gasteiger partial charge is 0.507 e. The molecule has 0 saturated carbocycles. The Morgan fingerprint density at radius 1 is 1.12 bits per heavy atom. The first-order valence-corrected chi connectivity index (χ1v) is 11.7. The summed E-state index contributed by atoms with van der Waals surface area (Å²) in [5.41, 5.74) is 1.68. The highest BCUT2D eigenvalue weighted by atomic mass is 35.5. The van der Waals surface area contributed by atoms with Crippen LogP contribution < -0.4 is 19.1 Å². The molecule has 2 aliphatic heterocycles. The minimum atomic E-state index is -0.822. The van der Waals surface area contributed by atoms with Crippen LogP contribution in [0.5, 0.6) is 17.2 Å². The summed E-state index contributed by atoms with van der Waals surface area (Å²) in [7, 11) is 1.50. The number of hydrogen-bond acceptors (Lipinski definition) is 7. The topological polar surface area (TPSA) is 85.3 Å². The van der Waals surface area contributed by atoms with Gasteiger partial charge in [0.2, 0.25) is 0 Å². The Bertz CT molecular complexity index is 1350. The number of methoxy groups -OCH3 is 1. The number of nitrogens with zero attached hydrogens (tertiary/aromatic N) is 1. The van der Waals surface area contributed by atoms with Crippen LogP contribution in [0.4, 0.5) is 5.69 Å². The van der Waals surface area contributed by atoms with Gasteiger partial charge < -0.3 is 19.3 Å². The predicted molar refractivity (Wildman–Crippen MR) is 129 cm³/mol. The van der Waals surface area contributed by atoms with E-state index < -0.39 is 17.7 Å². The number of ether oxygens (including phenoxy) is 3. The van der Waals surface area contributed by atoms with E-state index in [9.17, 15) is 14.7 Å². The minimum absolute atomic E-state index is 0.000770. The van der Waals surface area contributed by atoms with Crippen molar-refractivity contribution in [2.24, 2.45) is 0 Å². The lowest BCUT2D eigenvalue weighted by molar-refractivity contribution is -0.132. The van der Waals surface area contributed by atoms with Crippen LogP contribution in [-0.2, 0) is 9.59 Å². The van der Waals surface area contributed by atoms with Gasteiger partial charge in [-0.15, -0.1) is 11.3 Å². The second-order valence-corrected chi connectivity index (χ2v) is 9.17. The first-order valence-electron chi connectivity index (χ1n) is 10.5. The van der Waals surface area contributed by atoms with Gasteiger partial charge in [0.1, 0.15) is 30.8 Å². The Balaban J connectivity index is 1.69. The van der Waals surface area contributed by atoms with Crippen molar-refractivity contribution in [1.29, 1.82) is 0 Å². The average Bonchev–Trinajstić information content (AvgIpc) is 3.38. The molecule has 0 radical (unpaired) electrons. The second kappa shape index (κ2) is 8.70. The zero-order valence-corrected chi connectivity index (χ0v) is 19.9. The molecule has 9 heteroatoms. The van der Waals surface area contributed by atoms with Gasteiger partial charge in [0, 0.05) is 16.1 Å². The molecule has 0 aliphatic carbocycles. The van der Waals surface area contributed by atoms with Gasteiger partial charge >= 0.3 is 0 Å². The fourth-order valence-electron chi connectivity index (χ4n) is 4.16. The van der Waals surface area contributed by atoms with Crippen LogP contribution in [0.3, 0.4) is 0 Å². The monoisotopic (exact) mass is 497 g/mol. The molecule has 2 aliphatic rings. The molecule has 5 rings (SSSR count). The smallest absolute Gasteiger partial charge is 0.300 e. The van der Waals surface area contributed by atoms with E-state index in [-0.39, 0.29) is 11.3 Å². The Kier molecular flexibility index (Phi) is 5.71. The summed E-state index contributed by atoms with van der Waals surface area (Å²) in [4.78, 5) is 28.7. The maximum absolute atomic E-state index is 13.3. The number of carbonyl (C=O) groups is 2. The molecule has 1 aromatic heterocycles. The molecule has 7 nitrogen and oxygen atoms in total. The van der Waals surface area contributed by atoms with Gasteiger partial charge in [-0.2, -0.15) is 0 Å². The van der Waals surface area contributed by atoms with Gasteiger partial charge in [-0.1, -0.05) is 11.6 Å². The van der Waals surface area contributed by atoms with Gasteiger partial charge in [-0.05, 0) is 60.3 Å². The molecule has 2 aromatic carbocycles. The third-order valence-corrected chi connectivity index (χ3v) is 7.19. The minimum Gasteiger partial charge on any atom is -0.507 e. The molecule has 174 valence electrons. The number of benzene rings is 2. The molecule has 3 heterocycles. The average molecular weight is 498 g/mol. The zero-order valence-electron chi connectivity index (χ0n) is 18.3. The van der Waals surface area contributed by atoms with Crippen molar-refractivity contribution < 1.29 is 28.9 Å². The van der Waals surface area contributed by atoms with E-state index in [4.69, 9.17) is 25.8 Å². The van der Waals surface area contributed by atoms with Crippen LogP contribution in [0, 0.1) is 6.92 Å².